The van der Waals surface area contributed by atoms with Crippen molar-refractivity contribution in [1.29, 1.82) is 0 Å². The zero-order valence-corrected chi connectivity index (χ0v) is 10.0. The van der Waals surface area contributed by atoms with Gasteiger partial charge >= 0.3 is 0 Å². The van der Waals surface area contributed by atoms with Crippen molar-refractivity contribution in [3.8, 4) is 0 Å². The van der Waals surface area contributed by atoms with Crippen molar-refractivity contribution < 1.29 is 4.79 Å². The molecule has 2 heterocycles. The fourth-order valence-electron chi connectivity index (χ4n) is 1.44. The third-order valence-corrected chi connectivity index (χ3v) is 3.00. The minimum absolute atomic E-state index is 0.0222. The van der Waals surface area contributed by atoms with Crippen molar-refractivity contribution in [3.05, 3.63) is 45.7 Å². The summed E-state index contributed by atoms with van der Waals surface area (Å²) >= 11 is 1.56. The monoisotopic (exact) mass is 232 g/mol. The molecule has 0 aromatic carbocycles. The molecule has 16 heavy (non-hydrogen) atoms. The van der Waals surface area contributed by atoms with E-state index < -0.39 is 0 Å². The second kappa shape index (κ2) is 4.53. The number of rotatable bonds is 3. The number of Topliss-reactive ketones (excluding diaryl/α,β-unsaturated/α-hetero) is 1. The lowest BCUT2D eigenvalue weighted by Gasteiger charge is -1.99. The van der Waals surface area contributed by atoms with Crippen molar-refractivity contribution in [1.82, 2.24) is 9.97 Å². The van der Waals surface area contributed by atoms with Gasteiger partial charge in [0, 0.05) is 11.1 Å². The maximum absolute atomic E-state index is 11.9. The number of hydrogen-bond donors (Lipinski definition) is 0. The number of carbonyl (C=O) groups excluding carboxylic acids is 1. The van der Waals surface area contributed by atoms with Gasteiger partial charge in [-0.05, 0) is 26.0 Å². The summed E-state index contributed by atoms with van der Waals surface area (Å²) in [4.78, 5) is 20.3. The molecule has 0 fully saturated rings. The van der Waals surface area contributed by atoms with Crippen LogP contribution in [0.3, 0.4) is 0 Å². The molecule has 0 radical (unpaired) electrons. The maximum atomic E-state index is 11.9. The Bertz CT molecular complexity index is 519. The maximum Gasteiger partial charge on any atom is 0.187 e. The summed E-state index contributed by atoms with van der Waals surface area (Å²) in [5, 5.41) is 2.91. The molecule has 2 aromatic heterocycles. The van der Waals surface area contributed by atoms with Crippen LogP contribution >= 0.6 is 11.3 Å². The smallest absolute Gasteiger partial charge is 0.187 e. The van der Waals surface area contributed by atoms with E-state index in [0.29, 0.717) is 12.1 Å². The molecule has 0 aliphatic heterocycles. The van der Waals surface area contributed by atoms with Gasteiger partial charge in [0.05, 0.1) is 17.1 Å². The lowest BCUT2D eigenvalue weighted by Crippen LogP contribution is -2.06. The van der Waals surface area contributed by atoms with Gasteiger partial charge in [0.1, 0.15) is 5.69 Å². The first-order chi connectivity index (χ1) is 7.65. The van der Waals surface area contributed by atoms with Crippen LogP contribution in [0.5, 0.6) is 0 Å². The van der Waals surface area contributed by atoms with E-state index >= 15 is 0 Å². The molecule has 2 rings (SSSR count). The van der Waals surface area contributed by atoms with E-state index in [2.05, 4.69) is 9.97 Å². The van der Waals surface area contributed by atoms with Gasteiger partial charge in [0.15, 0.2) is 5.78 Å². The Kier molecular flexibility index (Phi) is 3.10. The van der Waals surface area contributed by atoms with Gasteiger partial charge in [0.25, 0.3) is 0 Å². The summed E-state index contributed by atoms with van der Waals surface area (Å²) in [5.74, 6) is 0.0222. The molecule has 0 atom stereocenters. The van der Waals surface area contributed by atoms with Gasteiger partial charge in [0.2, 0.25) is 0 Å². The first-order valence-corrected chi connectivity index (χ1v) is 5.91. The first kappa shape index (κ1) is 11.0. The Hall–Kier alpha value is -1.55. The minimum Gasteiger partial charge on any atom is -0.292 e. The topological polar surface area (TPSA) is 42.9 Å². The van der Waals surface area contributed by atoms with Crippen LogP contribution in [0, 0.1) is 13.8 Å². The van der Waals surface area contributed by atoms with Crippen molar-refractivity contribution in [3.63, 3.8) is 0 Å². The summed E-state index contributed by atoms with van der Waals surface area (Å²) in [5.41, 5.74) is 2.21. The predicted octanol–water partition coefficient (Wildman–Crippen LogP) is 2.58. The van der Waals surface area contributed by atoms with E-state index in [1.165, 1.54) is 0 Å². The van der Waals surface area contributed by atoms with Gasteiger partial charge in [-0.25, -0.2) is 4.98 Å². The van der Waals surface area contributed by atoms with Crippen molar-refractivity contribution >= 4 is 17.1 Å². The molecular formula is C12H12N2OS. The lowest BCUT2D eigenvalue weighted by molar-refractivity contribution is 0.0987. The number of aromatic nitrogens is 2. The first-order valence-electron chi connectivity index (χ1n) is 5.03. The molecule has 0 N–H and O–H groups in total. The molecule has 0 aliphatic carbocycles. The summed E-state index contributed by atoms with van der Waals surface area (Å²) in [6.07, 6.45) is 0.334. The SMILES string of the molecule is Cc1cccc(C(=O)Cc2csc(C)n2)n1. The fourth-order valence-corrected chi connectivity index (χ4v) is 2.06. The van der Waals surface area contributed by atoms with Crippen LogP contribution in [0.4, 0.5) is 0 Å². The van der Waals surface area contributed by atoms with E-state index in [1.54, 1.807) is 17.4 Å². The van der Waals surface area contributed by atoms with E-state index in [-0.39, 0.29) is 5.78 Å². The molecule has 0 aliphatic rings. The summed E-state index contributed by atoms with van der Waals surface area (Å²) in [7, 11) is 0. The molecule has 0 amide bonds. The second-order valence-corrected chi connectivity index (χ2v) is 4.68. The highest BCUT2D eigenvalue weighted by molar-refractivity contribution is 7.09. The fraction of sp³-hybridized carbons (Fsp3) is 0.250. The van der Waals surface area contributed by atoms with Crippen molar-refractivity contribution in [2.45, 2.75) is 20.3 Å². The zero-order valence-electron chi connectivity index (χ0n) is 9.23. The van der Waals surface area contributed by atoms with Gasteiger partial charge in [-0.3, -0.25) is 9.78 Å². The van der Waals surface area contributed by atoms with Crippen LogP contribution in [0.25, 0.3) is 0 Å². The van der Waals surface area contributed by atoms with Crippen LogP contribution < -0.4 is 0 Å². The number of nitrogens with zero attached hydrogens (tertiary/aromatic N) is 2. The third kappa shape index (κ3) is 2.52. The average molecular weight is 232 g/mol. The Balaban J connectivity index is 2.14. The van der Waals surface area contributed by atoms with Crippen LogP contribution in [-0.4, -0.2) is 15.8 Å². The highest BCUT2D eigenvalue weighted by Gasteiger charge is 2.10. The Morgan fingerprint density at radius 2 is 2.12 bits per heavy atom. The Morgan fingerprint density at radius 1 is 1.31 bits per heavy atom. The van der Waals surface area contributed by atoms with Crippen molar-refractivity contribution in [2.24, 2.45) is 0 Å². The van der Waals surface area contributed by atoms with E-state index in [1.807, 2.05) is 31.4 Å². The normalized spacial score (nSPS) is 10.4. The minimum atomic E-state index is 0.0222. The number of hydrogen-bond acceptors (Lipinski definition) is 4. The Morgan fingerprint density at radius 3 is 2.75 bits per heavy atom. The standard InChI is InChI=1S/C12H12N2OS/c1-8-4-3-5-11(13-8)12(15)6-10-7-16-9(2)14-10/h3-5,7H,6H2,1-2H3. The number of ketones is 1. The van der Waals surface area contributed by atoms with Gasteiger partial charge in [-0.2, -0.15) is 0 Å². The van der Waals surface area contributed by atoms with E-state index in [0.717, 1.165) is 16.4 Å². The summed E-state index contributed by atoms with van der Waals surface area (Å²) in [6, 6.07) is 5.47. The molecule has 0 spiro atoms. The number of carbonyl (C=O) groups is 1. The number of thiazole rings is 1. The van der Waals surface area contributed by atoms with Gasteiger partial charge < -0.3 is 0 Å². The summed E-state index contributed by atoms with van der Waals surface area (Å²) < 4.78 is 0. The third-order valence-electron chi connectivity index (χ3n) is 2.18. The highest BCUT2D eigenvalue weighted by atomic mass is 32.1. The molecule has 2 aromatic rings. The van der Waals surface area contributed by atoms with E-state index in [9.17, 15) is 4.79 Å². The predicted molar refractivity (Wildman–Crippen MR) is 63.9 cm³/mol. The lowest BCUT2D eigenvalue weighted by atomic mass is 10.1. The molecular weight excluding hydrogens is 220 g/mol. The van der Waals surface area contributed by atoms with Gasteiger partial charge in [-0.15, -0.1) is 11.3 Å². The second-order valence-electron chi connectivity index (χ2n) is 3.62. The molecule has 3 nitrogen and oxygen atoms in total. The van der Waals surface area contributed by atoms with E-state index in [4.69, 9.17) is 0 Å². The number of aryl methyl sites for hydroxylation is 2. The average Bonchev–Trinajstić information content (AvgIpc) is 2.64. The van der Waals surface area contributed by atoms with Crippen LogP contribution in [-0.2, 0) is 6.42 Å². The van der Waals surface area contributed by atoms with Crippen molar-refractivity contribution in [2.75, 3.05) is 0 Å². The zero-order chi connectivity index (χ0) is 11.5. The molecule has 0 saturated heterocycles. The largest absolute Gasteiger partial charge is 0.292 e. The van der Waals surface area contributed by atoms with Crippen LogP contribution in [0.2, 0.25) is 0 Å². The Labute approximate surface area is 98.2 Å². The highest BCUT2D eigenvalue weighted by Crippen LogP contribution is 2.10. The quantitative estimate of drug-likeness (QED) is 0.764. The summed E-state index contributed by atoms with van der Waals surface area (Å²) in [6.45, 7) is 3.81. The number of pyridine rings is 1. The molecule has 0 unspecified atom stereocenters. The molecule has 0 saturated carbocycles. The van der Waals surface area contributed by atoms with Crippen LogP contribution in [0.15, 0.2) is 23.6 Å². The van der Waals surface area contributed by atoms with Gasteiger partial charge in [-0.1, -0.05) is 6.07 Å². The molecule has 4 heteroatoms. The van der Waals surface area contributed by atoms with Crippen LogP contribution in [0.1, 0.15) is 26.9 Å². The molecule has 82 valence electrons. The molecule has 0 bridgehead atoms.